The van der Waals surface area contributed by atoms with Crippen LogP contribution in [0.25, 0.3) is 17.2 Å². The Balaban J connectivity index is 2.01. The quantitative estimate of drug-likeness (QED) is 0.156. The van der Waals surface area contributed by atoms with Gasteiger partial charge in [-0.1, -0.05) is 78.7 Å². The first-order valence-electron chi connectivity index (χ1n) is 11.7. The van der Waals surface area contributed by atoms with Crippen LogP contribution in [0.15, 0.2) is 78.9 Å². The molecule has 0 aliphatic heterocycles. The van der Waals surface area contributed by atoms with Gasteiger partial charge < -0.3 is 11.1 Å². The summed E-state index contributed by atoms with van der Waals surface area (Å²) in [5, 5.41) is 18.3. The van der Waals surface area contributed by atoms with Crippen molar-refractivity contribution in [3.05, 3.63) is 117 Å². The largest absolute Gasteiger partial charge is 0.398 e. The van der Waals surface area contributed by atoms with Crippen molar-refractivity contribution < 1.29 is 0 Å². The Morgan fingerprint density at radius 2 is 1.80 bits per heavy atom. The number of hydrogen-bond donors (Lipinski definition) is 2. The molecule has 0 spiro atoms. The first kappa shape index (κ1) is 24.3. The number of nitrogens with one attached hydrogen (secondary N) is 1. The van der Waals surface area contributed by atoms with Gasteiger partial charge >= 0.3 is 0 Å². The van der Waals surface area contributed by atoms with Crippen molar-refractivity contribution in [3.8, 4) is 6.07 Å². The molecule has 35 heavy (non-hydrogen) atoms. The third-order valence-electron chi connectivity index (χ3n) is 6.47. The van der Waals surface area contributed by atoms with E-state index in [2.05, 4.69) is 36.9 Å². The molecule has 3 aromatic carbocycles. The van der Waals surface area contributed by atoms with Crippen molar-refractivity contribution in [1.29, 1.82) is 10.7 Å². The van der Waals surface area contributed by atoms with E-state index in [4.69, 9.17) is 22.7 Å². The minimum Gasteiger partial charge on any atom is -0.398 e. The number of nitrogens with two attached hydrogens (primary N) is 1. The lowest BCUT2D eigenvalue weighted by Crippen LogP contribution is -2.16. The van der Waals surface area contributed by atoms with E-state index < -0.39 is 0 Å². The van der Waals surface area contributed by atoms with Gasteiger partial charge in [0.1, 0.15) is 0 Å². The first-order chi connectivity index (χ1) is 16.9. The second-order valence-corrected chi connectivity index (χ2v) is 9.44. The van der Waals surface area contributed by atoms with Crippen molar-refractivity contribution in [2.45, 2.75) is 26.2 Å². The molecule has 0 amide bonds. The maximum Gasteiger partial charge on any atom is 0.0998 e. The monoisotopic (exact) mass is 477 g/mol. The van der Waals surface area contributed by atoms with Gasteiger partial charge in [0.25, 0.3) is 0 Å². The van der Waals surface area contributed by atoms with Crippen molar-refractivity contribution in [2.75, 3.05) is 5.73 Å². The summed E-state index contributed by atoms with van der Waals surface area (Å²) in [7, 11) is 0. The van der Waals surface area contributed by atoms with E-state index in [1.807, 2.05) is 49.4 Å². The molecule has 3 aromatic rings. The molecule has 3 nitrogen and oxygen atoms in total. The van der Waals surface area contributed by atoms with Crippen molar-refractivity contribution in [1.82, 2.24) is 0 Å². The molecular formula is C31H28ClN3. The van der Waals surface area contributed by atoms with Crippen molar-refractivity contribution >= 4 is 40.7 Å². The molecule has 0 bridgehead atoms. The lowest BCUT2D eigenvalue weighted by Gasteiger charge is -2.32. The van der Waals surface area contributed by atoms with Crippen molar-refractivity contribution in [2.24, 2.45) is 5.92 Å². The van der Waals surface area contributed by atoms with E-state index in [9.17, 15) is 5.26 Å². The summed E-state index contributed by atoms with van der Waals surface area (Å²) >= 11 is 6.25. The van der Waals surface area contributed by atoms with Gasteiger partial charge in [0.15, 0.2) is 0 Å². The fourth-order valence-electron chi connectivity index (χ4n) is 4.43. The Morgan fingerprint density at radius 3 is 2.40 bits per heavy atom. The molecule has 1 aliphatic carbocycles. The minimum absolute atomic E-state index is 0.335. The number of halogens is 1. The highest BCUT2D eigenvalue weighted by molar-refractivity contribution is 6.30. The number of nitriles is 1. The normalized spacial score (nSPS) is 14.2. The van der Waals surface area contributed by atoms with Gasteiger partial charge in [-0.05, 0) is 83.3 Å². The molecule has 1 aliphatic rings. The van der Waals surface area contributed by atoms with Crippen LogP contribution in [-0.4, -0.2) is 6.21 Å². The molecule has 1 saturated carbocycles. The van der Waals surface area contributed by atoms with E-state index in [0.29, 0.717) is 27.8 Å². The summed E-state index contributed by atoms with van der Waals surface area (Å²) in [6.45, 7) is 5.90. The predicted molar refractivity (Wildman–Crippen MR) is 148 cm³/mol. The summed E-state index contributed by atoms with van der Waals surface area (Å²) in [5.41, 5.74) is 15.2. The second kappa shape index (κ2) is 10.6. The molecule has 0 unspecified atom stereocenters. The van der Waals surface area contributed by atoms with Gasteiger partial charge in [-0.25, -0.2) is 0 Å². The van der Waals surface area contributed by atoms with Crippen LogP contribution in [0.1, 0.15) is 59.6 Å². The number of anilines is 1. The van der Waals surface area contributed by atoms with E-state index in [1.54, 1.807) is 6.07 Å². The molecule has 4 rings (SSSR count). The Kier molecular flexibility index (Phi) is 7.34. The molecule has 174 valence electrons. The smallest absolute Gasteiger partial charge is 0.0998 e. The second-order valence-electron chi connectivity index (χ2n) is 9.01. The Morgan fingerprint density at radius 1 is 1.09 bits per heavy atom. The molecular weight excluding hydrogens is 450 g/mol. The topological polar surface area (TPSA) is 73.7 Å². The van der Waals surface area contributed by atoms with Crippen molar-refractivity contribution in [3.63, 3.8) is 0 Å². The third kappa shape index (κ3) is 5.29. The van der Waals surface area contributed by atoms with Gasteiger partial charge in [0.05, 0.1) is 11.6 Å². The average Bonchev–Trinajstić information content (AvgIpc) is 2.82. The minimum atomic E-state index is 0.335. The molecule has 0 saturated heterocycles. The van der Waals surface area contributed by atoms with E-state index >= 15 is 0 Å². The number of benzene rings is 3. The molecule has 0 atom stereocenters. The van der Waals surface area contributed by atoms with Gasteiger partial charge in [-0.3, -0.25) is 0 Å². The molecule has 3 N–H and O–H groups in total. The van der Waals surface area contributed by atoms with Crippen LogP contribution in [-0.2, 0) is 0 Å². The van der Waals surface area contributed by atoms with Crippen LogP contribution in [0.5, 0.6) is 0 Å². The van der Waals surface area contributed by atoms with Crippen LogP contribution in [0.4, 0.5) is 5.69 Å². The van der Waals surface area contributed by atoms with E-state index in [1.165, 1.54) is 6.21 Å². The Labute approximate surface area is 212 Å². The first-order valence-corrected chi connectivity index (χ1v) is 12.1. The molecule has 0 radical (unpaired) electrons. The maximum atomic E-state index is 9.95. The highest BCUT2D eigenvalue weighted by Gasteiger charge is 2.29. The highest BCUT2D eigenvalue weighted by Crippen LogP contribution is 2.46. The van der Waals surface area contributed by atoms with E-state index in [0.717, 1.165) is 58.2 Å². The summed E-state index contributed by atoms with van der Waals surface area (Å²) < 4.78 is 0. The predicted octanol–water partition coefficient (Wildman–Crippen LogP) is 8.14. The zero-order valence-electron chi connectivity index (χ0n) is 19.8. The van der Waals surface area contributed by atoms with Crippen LogP contribution in [0.3, 0.4) is 0 Å². The van der Waals surface area contributed by atoms with E-state index in [-0.39, 0.29) is 0 Å². The number of rotatable bonds is 7. The summed E-state index contributed by atoms with van der Waals surface area (Å²) in [6, 6.07) is 22.2. The highest BCUT2D eigenvalue weighted by atomic mass is 35.5. The summed E-state index contributed by atoms with van der Waals surface area (Å²) in [5.74, 6) is 0.335. The Bertz CT molecular complexity index is 1380. The summed E-state index contributed by atoms with van der Waals surface area (Å²) in [6.07, 6.45) is 8.62. The molecule has 4 heteroatoms. The standard InChI is InChI=1S/C31H28ClN3/c1-20(2)6-7-21-8-10-23(11-9-21)30(24-12-15-29(35)26(16-24)19-34)31(22-4-3-5-22)28-14-13-27(32)17-25(28)18-33/h6-17,19,22,34H,1,3-5,35H2,2H3/b7-6+,31-30+,34-19?. The SMILES string of the molecule is C=C(C)/C=C/c1ccc(/C(=C(\c2ccc(Cl)cc2C#N)C2CCC2)c2ccc(N)c(C=N)c2)cc1. The lowest BCUT2D eigenvalue weighted by molar-refractivity contribution is 0.401. The molecule has 0 heterocycles. The maximum absolute atomic E-state index is 9.95. The number of allylic oxidation sites excluding steroid dienone is 3. The zero-order chi connectivity index (χ0) is 24.9. The van der Waals surface area contributed by atoms with Gasteiger partial charge in [-0.15, -0.1) is 0 Å². The Hall–Kier alpha value is -3.87. The third-order valence-corrected chi connectivity index (χ3v) is 6.70. The fourth-order valence-corrected chi connectivity index (χ4v) is 4.60. The fraction of sp³-hybridized carbons (Fsp3) is 0.161. The molecule has 0 aromatic heterocycles. The number of nitrogen functional groups attached to an aromatic ring is 1. The van der Waals surface area contributed by atoms with Gasteiger partial charge in [0, 0.05) is 22.5 Å². The lowest BCUT2D eigenvalue weighted by atomic mass is 9.72. The summed E-state index contributed by atoms with van der Waals surface area (Å²) in [4.78, 5) is 0. The number of hydrogen-bond acceptors (Lipinski definition) is 3. The van der Waals surface area contributed by atoms with Crippen LogP contribution < -0.4 is 5.73 Å². The average molecular weight is 478 g/mol. The molecule has 1 fully saturated rings. The van der Waals surface area contributed by atoms with Crippen LogP contribution >= 0.6 is 11.6 Å². The van der Waals surface area contributed by atoms with Gasteiger partial charge in [0.2, 0.25) is 0 Å². The van der Waals surface area contributed by atoms with Crippen LogP contribution in [0, 0.1) is 22.7 Å². The number of nitrogens with zero attached hydrogens (tertiary/aromatic N) is 1. The van der Waals surface area contributed by atoms with Gasteiger partial charge in [-0.2, -0.15) is 5.26 Å². The van der Waals surface area contributed by atoms with Crippen LogP contribution in [0.2, 0.25) is 5.02 Å². The zero-order valence-corrected chi connectivity index (χ0v) is 20.6.